The van der Waals surface area contributed by atoms with Crippen LogP contribution in [-0.4, -0.2) is 38.8 Å². The first kappa shape index (κ1) is 9.48. The van der Waals surface area contributed by atoms with Crippen LogP contribution in [0.1, 0.15) is 6.92 Å². The summed E-state index contributed by atoms with van der Waals surface area (Å²) in [4.78, 5) is 11.2. The van der Waals surface area contributed by atoms with Crippen molar-refractivity contribution in [2.75, 3.05) is 26.8 Å². The lowest BCUT2D eigenvalue weighted by Gasteiger charge is -2.26. The number of morpholine rings is 1. The van der Waals surface area contributed by atoms with Crippen molar-refractivity contribution in [1.82, 2.24) is 10.6 Å². The quantitative estimate of drug-likeness (QED) is 0.601. The van der Waals surface area contributed by atoms with Crippen LogP contribution in [0.15, 0.2) is 0 Å². The summed E-state index contributed by atoms with van der Waals surface area (Å²) < 4.78 is 5.22. The summed E-state index contributed by atoms with van der Waals surface area (Å²) >= 11 is 0. The zero-order valence-corrected chi connectivity index (χ0v) is 7.54. The molecule has 0 aromatic rings. The van der Waals surface area contributed by atoms with E-state index < -0.39 is 0 Å². The molecule has 0 spiro atoms. The molecule has 1 heterocycles. The Bertz CT molecular complexity index is 155. The predicted octanol–water partition coefficient (Wildman–Crippen LogP) is -0.628. The number of carbonyl (C=O) groups excluding carboxylic acids is 1. The van der Waals surface area contributed by atoms with Gasteiger partial charge in [-0.25, -0.2) is 5.32 Å². The molecule has 0 bridgehead atoms. The Kier molecular flexibility index (Phi) is 3.49. The molecule has 0 aromatic carbocycles. The van der Waals surface area contributed by atoms with Crippen LogP contribution in [0, 0.1) is 5.92 Å². The monoisotopic (exact) mass is 171 g/mol. The number of carbonyl (C=O) groups is 1. The van der Waals surface area contributed by atoms with Crippen LogP contribution < -0.4 is 10.6 Å². The summed E-state index contributed by atoms with van der Waals surface area (Å²) in [6.45, 7) is 3.86. The van der Waals surface area contributed by atoms with Gasteiger partial charge in [0, 0.05) is 13.6 Å². The molecule has 1 aliphatic rings. The van der Waals surface area contributed by atoms with Gasteiger partial charge in [0.25, 0.3) is 0 Å². The first-order chi connectivity index (χ1) is 5.75. The average molecular weight is 171 g/mol. The summed E-state index contributed by atoms with van der Waals surface area (Å²) in [5.74, 6) is -0.0375. The molecule has 2 atom stereocenters. The predicted molar refractivity (Wildman–Crippen MR) is 44.8 cm³/mol. The van der Waals surface area contributed by atoms with Crippen molar-refractivity contribution in [3.8, 4) is 0 Å². The number of nitrogens with zero attached hydrogens (tertiary/aromatic N) is 1. The molecule has 0 aliphatic carbocycles. The smallest absolute Gasteiger partial charge is 0.224 e. The minimum absolute atomic E-state index is 0.0363. The van der Waals surface area contributed by atoms with E-state index in [-0.39, 0.29) is 17.9 Å². The number of hydrogen-bond acceptors (Lipinski definition) is 2. The molecular formula is C8H15N2O2. The van der Waals surface area contributed by atoms with E-state index in [1.807, 2.05) is 6.92 Å². The van der Waals surface area contributed by atoms with Gasteiger partial charge in [-0.2, -0.15) is 0 Å². The molecule has 4 nitrogen and oxygen atoms in total. The zero-order chi connectivity index (χ0) is 8.97. The highest BCUT2D eigenvalue weighted by atomic mass is 16.5. The lowest BCUT2D eigenvalue weighted by atomic mass is 10.0. The summed E-state index contributed by atoms with van der Waals surface area (Å²) in [6, 6.07) is 0.0405. The fourth-order valence-electron chi connectivity index (χ4n) is 1.24. The maximum atomic E-state index is 11.2. The molecule has 0 saturated carbocycles. The van der Waals surface area contributed by atoms with Crippen molar-refractivity contribution in [1.29, 1.82) is 0 Å². The Balaban J connectivity index is 2.39. The van der Waals surface area contributed by atoms with Gasteiger partial charge in [0.2, 0.25) is 5.91 Å². The number of hydrogen-bond donors (Lipinski definition) is 1. The highest BCUT2D eigenvalue weighted by Gasteiger charge is 2.25. The fraction of sp³-hybridized carbons (Fsp3) is 0.875. The van der Waals surface area contributed by atoms with Crippen LogP contribution in [0.25, 0.3) is 0 Å². The Morgan fingerprint density at radius 3 is 3.00 bits per heavy atom. The second-order valence-electron chi connectivity index (χ2n) is 2.95. The molecular weight excluding hydrogens is 156 g/mol. The van der Waals surface area contributed by atoms with Crippen molar-refractivity contribution in [3.05, 3.63) is 0 Å². The van der Waals surface area contributed by atoms with Crippen LogP contribution in [-0.2, 0) is 9.53 Å². The summed E-state index contributed by atoms with van der Waals surface area (Å²) in [6.07, 6.45) is 0. The van der Waals surface area contributed by atoms with E-state index in [2.05, 4.69) is 10.6 Å². The molecule has 0 aromatic heterocycles. The van der Waals surface area contributed by atoms with Gasteiger partial charge in [-0.15, -0.1) is 0 Å². The molecule has 4 heteroatoms. The topological polar surface area (TPSA) is 52.4 Å². The second kappa shape index (κ2) is 4.42. The van der Waals surface area contributed by atoms with E-state index in [0.717, 1.165) is 0 Å². The first-order valence-corrected chi connectivity index (χ1v) is 4.21. The fourth-order valence-corrected chi connectivity index (χ4v) is 1.24. The normalized spacial score (nSPS) is 26.3. The van der Waals surface area contributed by atoms with Crippen LogP contribution in [0.3, 0.4) is 0 Å². The Hall–Kier alpha value is -0.610. The van der Waals surface area contributed by atoms with E-state index in [4.69, 9.17) is 4.74 Å². The third-order valence-electron chi connectivity index (χ3n) is 2.12. The van der Waals surface area contributed by atoms with Gasteiger partial charge in [-0.05, 0) is 0 Å². The highest BCUT2D eigenvalue weighted by Crippen LogP contribution is 2.07. The number of nitrogens with one attached hydrogen (secondary N) is 1. The van der Waals surface area contributed by atoms with Crippen LogP contribution in [0.2, 0.25) is 0 Å². The molecule has 12 heavy (non-hydrogen) atoms. The van der Waals surface area contributed by atoms with E-state index in [0.29, 0.717) is 19.8 Å². The molecule has 1 radical (unpaired) electrons. The van der Waals surface area contributed by atoms with E-state index in [9.17, 15) is 4.79 Å². The second-order valence-corrected chi connectivity index (χ2v) is 2.95. The number of ether oxygens (including phenoxy) is 1. The Labute approximate surface area is 72.7 Å². The summed E-state index contributed by atoms with van der Waals surface area (Å²) in [5, 5.41) is 6.92. The van der Waals surface area contributed by atoms with Gasteiger partial charge in [0.1, 0.15) is 0 Å². The van der Waals surface area contributed by atoms with Gasteiger partial charge in [0.15, 0.2) is 0 Å². The van der Waals surface area contributed by atoms with Crippen LogP contribution in [0.4, 0.5) is 0 Å². The summed E-state index contributed by atoms with van der Waals surface area (Å²) in [7, 11) is 1.64. The molecule has 2 unspecified atom stereocenters. The van der Waals surface area contributed by atoms with Crippen LogP contribution in [0.5, 0.6) is 0 Å². The van der Waals surface area contributed by atoms with Gasteiger partial charge in [0.05, 0.1) is 25.2 Å². The molecule has 1 fully saturated rings. The maximum Gasteiger partial charge on any atom is 0.224 e. The molecule has 1 aliphatic heterocycles. The molecule has 1 amide bonds. The minimum Gasteiger partial charge on any atom is -0.378 e. The third kappa shape index (κ3) is 2.19. The summed E-state index contributed by atoms with van der Waals surface area (Å²) in [5.41, 5.74) is 0. The standard InChI is InChI=1S/C8H15N2O2/c1-6(8(11)9-2)7-5-12-4-3-10-7/h6-7H,3-5H2,1-2H3,(H,9,11). The first-order valence-electron chi connectivity index (χ1n) is 4.21. The average Bonchev–Trinajstić information content (AvgIpc) is 2.17. The largest absolute Gasteiger partial charge is 0.378 e. The zero-order valence-electron chi connectivity index (χ0n) is 7.54. The van der Waals surface area contributed by atoms with Crippen molar-refractivity contribution in [2.24, 2.45) is 5.92 Å². The highest BCUT2D eigenvalue weighted by molar-refractivity contribution is 5.78. The molecule has 69 valence electrons. The van der Waals surface area contributed by atoms with E-state index in [1.165, 1.54) is 0 Å². The SMILES string of the molecule is CNC(=O)C(C)C1COCC[N]1. The van der Waals surface area contributed by atoms with Gasteiger partial charge >= 0.3 is 0 Å². The molecule has 1 rings (SSSR count). The van der Waals surface area contributed by atoms with Gasteiger partial charge < -0.3 is 10.1 Å². The number of amides is 1. The lowest BCUT2D eigenvalue weighted by Crippen LogP contribution is -2.45. The van der Waals surface area contributed by atoms with Crippen molar-refractivity contribution in [2.45, 2.75) is 13.0 Å². The Morgan fingerprint density at radius 2 is 2.50 bits per heavy atom. The molecule has 1 saturated heterocycles. The number of rotatable bonds is 2. The molecule has 1 N–H and O–H groups in total. The third-order valence-corrected chi connectivity index (χ3v) is 2.12. The maximum absolute atomic E-state index is 11.2. The van der Waals surface area contributed by atoms with E-state index >= 15 is 0 Å². The van der Waals surface area contributed by atoms with Gasteiger partial charge in [-0.1, -0.05) is 6.92 Å². The Morgan fingerprint density at radius 1 is 1.75 bits per heavy atom. The minimum atomic E-state index is -0.0738. The van der Waals surface area contributed by atoms with E-state index in [1.54, 1.807) is 7.05 Å². The van der Waals surface area contributed by atoms with Gasteiger partial charge in [-0.3, -0.25) is 4.79 Å². The van der Waals surface area contributed by atoms with Crippen molar-refractivity contribution >= 4 is 5.91 Å². The van der Waals surface area contributed by atoms with Crippen molar-refractivity contribution < 1.29 is 9.53 Å². The lowest BCUT2D eigenvalue weighted by molar-refractivity contribution is -0.126. The van der Waals surface area contributed by atoms with Crippen LogP contribution >= 0.6 is 0 Å². The van der Waals surface area contributed by atoms with Crippen molar-refractivity contribution in [3.63, 3.8) is 0 Å².